The lowest BCUT2D eigenvalue weighted by atomic mass is 10.3. The summed E-state index contributed by atoms with van der Waals surface area (Å²) in [4.78, 5) is 23.8. The Bertz CT molecular complexity index is 647. The quantitative estimate of drug-likeness (QED) is 0.812. The number of nitrogens with zero attached hydrogens (tertiary/aromatic N) is 2. The third kappa shape index (κ3) is 3.61. The number of carbonyl (C=O) groups is 2. The third-order valence-corrected chi connectivity index (χ3v) is 4.76. The molecule has 0 saturated carbocycles. The van der Waals surface area contributed by atoms with Crippen molar-refractivity contribution in [2.45, 2.75) is 18.7 Å². The van der Waals surface area contributed by atoms with E-state index in [4.69, 9.17) is 9.52 Å². The van der Waals surface area contributed by atoms with Crippen LogP contribution in [-0.4, -0.2) is 61.8 Å². The molecule has 1 N–H and O–H groups in total. The first-order valence-corrected chi connectivity index (χ1v) is 7.59. The van der Waals surface area contributed by atoms with Crippen LogP contribution >= 0.6 is 0 Å². The number of aliphatic carboxylic acids is 1. The molecule has 1 rings (SSSR count). The molecule has 0 saturated heterocycles. The molecule has 0 aliphatic carbocycles. The molecule has 21 heavy (non-hydrogen) atoms. The molecule has 0 unspecified atom stereocenters. The zero-order valence-electron chi connectivity index (χ0n) is 12.3. The van der Waals surface area contributed by atoms with Crippen molar-refractivity contribution in [1.29, 1.82) is 0 Å². The van der Waals surface area contributed by atoms with E-state index in [0.29, 0.717) is 0 Å². The van der Waals surface area contributed by atoms with Gasteiger partial charge in [-0.3, -0.25) is 9.59 Å². The van der Waals surface area contributed by atoms with Crippen molar-refractivity contribution in [1.82, 2.24) is 9.21 Å². The molecule has 0 atom stereocenters. The minimum Gasteiger partial charge on any atom is -0.480 e. The van der Waals surface area contributed by atoms with E-state index in [2.05, 4.69) is 0 Å². The Morgan fingerprint density at radius 1 is 1.33 bits per heavy atom. The molecule has 0 aliphatic heterocycles. The Labute approximate surface area is 123 Å². The molecular formula is C12H18N2O6S. The van der Waals surface area contributed by atoms with E-state index in [1.807, 2.05) is 0 Å². The first-order chi connectivity index (χ1) is 9.61. The summed E-state index contributed by atoms with van der Waals surface area (Å²) in [7, 11) is -0.989. The van der Waals surface area contributed by atoms with Crippen molar-refractivity contribution in [3.63, 3.8) is 0 Å². The first kappa shape index (κ1) is 17.2. The molecule has 0 aromatic carbocycles. The summed E-state index contributed by atoms with van der Waals surface area (Å²) in [6.45, 7) is 2.74. The SMILES string of the molecule is CCN(CC(=O)O)C(=O)c1cc(S(=O)(=O)N(C)C)c(C)o1. The summed E-state index contributed by atoms with van der Waals surface area (Å²) in [5.41, 5.74) is 0. The van der Waals surface area contributed by atoms with Gasteiger partial charge in [0.2, 0.25) is 10.0 Å². The van der Waals surface area contributed by atoms with Crippen LogP contribution in [0.25, 0.3) is 0 Å². The molecule has 8 nitrogen and oxygen atoms in total. The number of furan rings is 1. The van der Waals surface area contributed by atoms with Gasteiger partial charge in [0.15, 0.2) is 5.76 Å². The second-order valence-corrected chi connectivity index (χ2v) is 6.65. The Balaban J connectivity index is 3.17. The van der Waals surface area contributed by atoms with Crippen molar-refractivity contribution >= 4 is 21.9 Å². The highest BCUT2D eigenvalue weighted by Crippen LogP contribution is 2.23. The Morgan fingerprint density at radius 3 is 2.33 bits per heavy atom. The van der Waals surface area contributed by atoms with Crippen LogP contribution in [0.1, 0.15) is 23.2 Å². The molecule has 0 spiro atoms. The fraction of sp³-hybridized carbons (Fsp3) is 0.500. The van der Waals surface area contributed by atoms with Crippen LogP contribution in [0.3, 0.4) is 0 Å². The smallest absolute Gasteiger partial charge is 0.323 e. The molecule has 1 amide bonds. The minimum atomic E-state index is -3.72. The highest BCUT2D eigenvalue weighted by Gasteiger charge is 2.28. The zero-order valence-corrected chi connectivity index (χ0v) is 13.1. The molecular weight excluding hydrogens is 300 g/mol. The van der Waals surface area contributed by atoms with Crippen LogP contribution in [0.4, 0.5) is 0 Å². The van der Waals surface area contributed by atoms with Crippen molar-refractivity contribution in [2.75, 3.05) is 27.2 Å². The molecule has 1 heterocycles. The number of rotatable bonds is 6. The number of carboxylic acids is 1. The predicted octanol–water partition coefficient (Wildman–Crippen LogP) is 0.385. The average Bonchev–Trinajstić information content (AvgIpc) is 2.77. The van der Waals surface area contributed by atoms with Gasteiger partial charge in [0, 0.05) is 26.7 Å². The van der Waals surface area contributed by atoms with Gasteiger partial charge in [-0.1, -0.05) is 0 Å². The fourth-order valence-corrected chi connectivity index (χ4v) is 2.72. The van der Waals surface area contributed by atoms with E-state index in [0.717, 1.165) is 15.3 Å². The lowest BCUT2D eigenvalue weighted by Crippen LogP contribution is -2.35. The van der Waals surface area contributed by atoms with E-state index < -0.39 is 28.4 Å². The number of sulfonamides is 1. The topological polar surface area (TPSA) is 108 Å². The number of aryl methyl sites for hydroxylation is 1. The van der Waals surface area contributed by atoms with Gasteiger partial charge >= 0.3 is 5.97 Å². The maximum absolute atomic E-state index is 12.1. The number of hydrogen-bond acceptors (Lipinski definition) is 5. The minimum absolute atomic E-state index is 0.0819. The molecule has 1 aromatic heterocycles. The van der Waals surface area contributed by atoms with Crippen molar-refractivity contribution in [3.8, 4) is 0 Å². The number of hydrogen-bond donors (Lipinski definition) is 1. The van der Waals surface area contributed by atoms with Gasteiger partial charge < -0.3 is 14.4 Å². The van der Waals surface area contributed by atoms with Crippen LogP contribution in [0.5, 0.6) is 0 Å². The number of likely N-dealkylation sites (N-methyl/N-ethyl adjacent to an activating group) is 1. The molecule has 0 bridgehead atoms. The number of amides is 1. The number of carboxylic acid groups (broad SMARTS) is 1. The van der Waals surface area contributed by atoms with Crippen LogP contribution in [-0.2, 0) is 14.8 Å². The van der Waals surface area contributed by atoms with Crippen molar-refractivity contribution in [3.05, 3.63) is 17.6 Å². The maximum atomic E-state index is 12.1. The summed E-state index contributed by atoms with van der Waals surface area (Å²) < 4.78 is 30.3. The van der Waals surface area contributed by atoms with E-state index in [9.17, 15) is 18.0 Å². The lowest BCUT2D eigenvalue weighted by molar-refractivity contribution is -0.137. The average molecular weight is 318 g/mol. The summed E-state index contributed by atoms with van der Waals surface area (Å²) in [5, 5.41) is 8.75. The van der Waals surface area contributed by atoms with Gasteiger partial charge in [0.05, 0.1) is 0 Å². The lowest BCUT2D eigenvalue weighted by Gasteiger charge is -2.16. The Hall–Kier alpha value is -1.87. The van der Waals surface area contributed by atoms with Gasteiger partial charge in [-0.2, -0.15) is 0 Å². The fourth-order valence-electron chi connectivity index (χ4n) is 1.67. The second kappa shape index (κ2) is 6.27. The van der Waals surface area contributed by atoms with E-state index >= 15 is 0 Å². The van der Waals surface area contributed by atoms with Gasteiger partial charge in [0.1, 0.15) is 17.2 Å². The summed E-state index contributed by atoms with van der Waals surface area (Å²) in [6.07, 6.45) is 0. The monoisotopic (exact) mass is 318 g/mol. The Kier molecular flexibility index (Phi) is 5.13. The predicted molar refractivity (Wildman–Crippen MR) is 73.5 cm³/mol. The molecule has 0 fully saturated rings. The third-order valence-electron chi connectivity index (χ3n) is 2.84. The standard InChI is InChI=1S/C12H18N2O6S/c1-5-14(7-11(15)16)12(17)9-6-10(8(2)20-9)21(18,19)13(3)4/h6H,5,7H2,1-4H3,(H,15,16). The summed E-state index contributed by atoms with van der Waals surface area (Å²) in [5.74, 6) is -1.94. The highest BCUT2D eigenvalue weighted by atomic mass is 32.2. The largest absolute Gasteiger partial charge is 0.480 e. The van der Waals surface area contributed by atoms with Crippen LogP contribution in [0, 0.1) is 6.92 Å². The summed E-state index contributed by atoms with van der Waals surface area (Å²) in [6, 6.07) is 1.12. The second-order valence-electron chi connectivity index (χ2n) is 4.53. The molecule has 1 aromatic rings. The van der Waals surface area contributed by atoms with Gasteiger partial charge in [0.25, 0.3) is 5.91 Å². The van der Waals surface area contributed by atoms with Crippen LogP contribution in [0.2, 0.25) is 0 Å². The number of carbonyl (C=O) groups excluding carboxylic acids is 1. The highest BCUT2D eigenvalue weighted by molar-refractivity contribution is 7.89. The van der Waals surface area contributed by atoms with Crippen LogP contribution in [0.15, 0.2) is 15.4 Å². The van der Waals surface area contributed by atoms with Crippen molar-refractivity contribution < 1.29 is 27.5 Å². The maximum Gasteiger partial charge on any atom is 0.323 e. The van der Waals surface area contributed by atoms with Gasteiger partial charge in [-0.25, -0.2) is 12.7 Å². The normalized spacial score (nSPS) is 11.7. The molecule has 0 aliphatic rings. The molecule has 9 heteroatoms. The molecule has 118 valence electrons. The van der Waals surface area contributed by atoms with Crippen molar-refractivity contribution in [2.24, 2.45) is 0 Å². The Morgan fingerprint density at radius 2 is 1.90 bits per heavy atom. The zero-order chi connectivity index (χ0) is 16.4. The van der Waals surface area contributed by atoms with E-state index in [-0.39, 0.29) is 23.0 Å². The van der Waals surface area contributed by atoms with Crippen LogP contribution < -0.4 is 0 Å². The van der Waals surface area contributed by atoms with Gasteiger partial charge in [-0.15, -0.1) is 0 Å². The van der Waals surface area contributed by atoms with Gasteiger partial charge in [-0.05, 0) is 13.8 Å². The first-order valence-electron chi connectivity index (χ1n) is 6.15. The molecule has 0 radical (unpaired) electrons. The summed E-state index contributed by atoms with van der Waals surface area (Å²) >= 11 is 0. The van der Waals surface area contributed by atoms with E-state index in [1.165, 1.54) is 21.0 Å². The van der Waals surface area contributed by atoms with E-state index in [1.54, 1.807) is 6.92 Å².